The number of rotatable bonds is 2. The van der Waals surface area contributed by atoms with E-state index in [0.717, 1.165) is 44.7 Å². The Morgan fingerprint density at radius 2 is 1.88 bits per heavy atom. The lowest BCUT2D eigenvalue weighted by molar-refractivity contribution is -0.133. The van der Waals surface area contributed by atoms with Crippen LogP contribution in [-0.2, 0) is 23.2 Å². The van der Waals surface area contributed by atoms with Crippen molar-refractivity contribution >= 4 is 5.91 Å². The van der Waals surface area contributed by atoms with Crippen LogP contribution in [-0.4, -0.2) is 47.4 Å². The Morgan fingerprint density at radius 1 is 1.12 bits per heavy atom. The molecule has 1 aromatic heterocycles. The van der Waals surface area contributed by atoms with E-state index in [1.165, 1.54) is 11.1 Å². The summed E-state index contributed by atoms with van der Waals surface area (Å²) >= 11 is 0. The number of nitrogens with zero attached hydrogens (tertiary/aromatic N) is 3. The van der Waals surface area contributed by atoms with Gasteiger partial charge in [0.25, 0.3) is 0 Å². The van der Waals surface area contributed by atoms with Crippen LogP contribution in [0.3, 0.4) is 0 Å². The molecule has 1 aromatic carbocycles. The van der Waals surface area contributed by atoms with E-state index in [0.29, 0.717) is 6.42 Å². The number of benzene rings is 1. The predicted molar refractivity (Wildman–Crippen MR) is 98.2 cm³/mol. The smallest absolute Gasteiger partial charge is 0.228 e. The average Bonchev–Trinajstić information content (AvgIpc) is 2.65. The number of hydrogen-bond donors (Lipinski definition) is 0. The minimum atomic E-state index is 0.112. The van der Waals surface area contributed by atoms with Crippen molar-refractivity contribution in [3.8, 4) is 0 Å². The number of carbonyl (C=O) groups excluding carboxylic acids is 1. The summed E-state index contributed by atoms with van der Waals surface area (Å²) in [5.41, 5.74) is 3.74. The van der Waals surface area contributed by atoms with Gasteiger partial charge in [0, 0.05) is 30.4 Å². The van der Waals surface area contributed by atoms with E-state index >= 15 is 0 Å². The highest BCUT2D eigenvalue weighted by Crippen LogP contribution is 2.41. The van der Waals surface area contributed by atoms with Gasteiger partial charge >= 0.3 is 0 Å². The minimum absolute atomic E-state index is 0.112. The maximum Gasteiger partial charge on any atom is 0.228 e. The van der Waals surface area contributed by atoms with Crippen LogP contribution in [0.1, 0.15) is 29.7 Å². The Hall–Kier alpha value is -2.20. The van der Waals surface area contributed by atoms with E-state index in [-0.39, 0.29) is 11.3 Å². The van der Waals surface area contributed by atoms with Crippen LogP contribution in [0.5, 0.6) is 0 Å². The fourth-order valence-corrected chi connectivity index (χ4v) is 4.31. The molecule has 0 atom stereocenters. The number of likely N-dealkylation sites (tertiary alicyclic amines) is 1. The van der Waals surface area contributed by atoms with Crippen molar-refractivity contribution in [2.45, 2.75) is 31.2 Å². The standard InChI is InChI=1S/C21H25N3O/c1-23-12-9-21(10-13-23)16-24(15-17-6-2-3-8-19(17)21)20(25)14-18-7-4-5-11-22-18/h2-8,11H,9-10,12-16H2,1H3. The summed E-state index contributed by atoms with van der Waals surface area (Å²) in [5.74, 6) is 0.187. The van der Waals surface area contributed by atoms with Crippen molar-refractivity contribution in [2.75, 3.05) is 26.7 Å². The van der Waals surface area contributed by atoms with E-state index in [4.69, 9.17) is 0 Å². The quantitative estimate of drug-likeness (QED) is 0.846. The number of carbonyl (C=O) groups is 1. The molecule has 2 aromatic rings. The fraction of sp³-hybridized carbons (Fsp3) is 0.429. The molecule has 4 heteroatoms. The van der Waals surface area contributed by atoms with E-state index in [2.05, 4.69) is 46.1 Å². The molecular formula is C21H25N3O. The van der Waals surface area contributed by atoms with Crippen molar-refractivity contribution in [3.63, 3.8) is 0 Å². The molecule has 1 fully saturated rings. The molecule has 0 saturated carbocycles. The van der Waals surface area contributed by atoms with Gasteiger partial charge < -0.3 is 9.80 Å². The zero-order chi connectivity index (χ0) is 17.3. The van der Waals surface area contributed by atoms with Crippen molar-refractivity contribution in [1.29, 1.82) is 0 Å². The van der Waals surface area contributed by atoms with Gasteiger partial charge in [-0.2, -0.15) is 0 Å². The molecule has 2 aliphatic rings. The van der Waals surface area contributed by atoms with Gasteiger partial charge in [-0.25, -0.2) is 0 Å². The summed E-state index contributed by atoms with van der Waals surface area (Å²) in [7, 11) is 2.19. The molecule has 0 aliphatic carbocycles. The van der Waals surface area contributed by atoms with Gasteiger partial charge in [0.15, 0.2) is 0 Å². The van der Waals surface area contributed by atoms with Crippen LogP contribution in [0.15, 0.2) is 48.7 Å². The third kappa shape index (κ3) is 3.19. The van der Waals surface area contributed by atoms with Crippen molar-refractivity contribution in [3.05, 3.63) is 65.5 Å². The first-order chi connectivity index (χ1) is 12.2. The Balaban J connectivity index is 1.60. The average molecular weight is 335 g/mol. The number of piperidine rings is 1. The molecule has 0 bridgehead atoms. The molecule has 3 heterocycles. The number of fused-ring (bicyclic) bond motifs is 2. The number of amides is 1. The lowest BCUT2D eigenvalue weighted by Gasteiger charge is -2.48. The number of pyridine rings is 1. The lowest BCUT2D eigenvalue weighted by atomic mass is 9.69. The number of hydrogen-bond acceptors (Lipinski definition) is 3. The molecule has 0 unspecified atom stereocenters. The highest BCUT2D eigenvalue weighted by Gasteiger charge is 2.42. The first-order valence-corrected chi connectivity index (χ1v) is 9.11. The monoisotopic (exact) mass is 335 g/mol. The van der Waals surface area contributed by atoms with E-state index in [9.17, 15) is 4.79 Å². The summed E-state index contributed by atoms with van der Waals surface area (Å²) in [5, 5.41) is 0. The minimum Gasteiger partial charge on any atom is -0.337 e. The zero-order valence-electron chi connectivity index (χ0n) is 14.8. The van der Waals surface area contributed by atoms with Gasteiger partial charge in [0.05, 0.1) is 6.42 Å². The third-order valence-corrected chi connectivity index (χ3v) is 5.80. The maximum atomic E-state index is 12.9. The second-order valence-electron chi connectivity index (χ2n) is 7.49. The first-order valence-electron chi connectivity index (χ1n) is 9.11. The predicted octanol–water partition coefficient (Wildman–Crippen LogP) is 2.63. The van der Waals surface area contributed by atoms with Gasteiger partial charge in [0.1, 0.15) is 0 Å². The lowest BCUT2D eigenvalue weighted by Crippen LogP contribution is -2.53. The van der Waals surface area contributed by atoms with E-state index < -0.39 is 0 Å². The summed E-state index contributed by atoms with van der Waals surface area (Å²) < 4.78 is 0. The Bertz CT molecular complexity index is 751. The summed E-state index contributed by atoms with van der Waals surface area (Å²) in [6.45, 7) is 3.75. The van der Waals surface area contributed by atoms with Gasteiger partial charge in [-0.05, 0) is 56.2 Å². The summed E-state index contributed by atoms with van der Waals surface area (Å²) in [4.78, 5) is 21.7. The molecule has 2 aliphatic heterocycles. The van der Waals surface area contributed by atoms with Crippen molar-refractivity contribution < 1.29 is 4.79 Å². The molecule has 25 heavy (non-hydrogen) atoms. The van der Waals surface area contributed by atoms with Crippen molar-refractivity contribution in [1.82, 2.24) is 14.8 Å². The van der Waals surface area contributed by atoms with Gasteiger partial charge in [-0.1, -0.05) is 30.3 Å². The summed E-state index contributed by atoms with van der Waals surface area (Å²) in [6.07, 6.45) is 4.38. The molecule has 0 radical (unpaired) electrons. The Kier molecular flexibility index (Phi) is 4.30. The normalized spacial score (nSPS) is 19.6. The van der Waals surface area contributed by atoms with Crippen LogP contribution in [0.4, 0.5) is 0 Å². The van der Waals surface area contributed by atoms with E-state index in [1.54, 1.807) is 6.20 Å². The molecule has 1 spiro atoms. The molecule has 130 valence electrons. The SMILES string of the molecule is CN1CCC2(CC1)CN(C(=O)Cc1ccccn1)Cc1ccccc12. The highest BCUT2D eigenvalue weighted by atomic mass is 16.2. The molecule has 0 N–H and O–H groups in total. The highest BCUT2D eigenvalue weighted by molar-refractivity contribution is 5.79. The molecule has 1 saturated heterocycles. The molecule has 4 nitrogen and oxygen atoms in total. The largest absolute Gasteiger partial charge is 0.337 e. The first kappa shape index (κ1) is 16.3. The van der Waals surface area contributed by atoms with Crippen LogP contribution in [0.2, 0.25) is 0 Å². The number of aromatic nitrogens is 1. The third-order valence-electron chi connectivity index (χ3n) is 5.80. The van der Waals surface area contributed by atoms with Crippen LogP contribution >= 0.6 is 0 Å². The molecule has 1 amide bonds. The van der Waals surface area contributed by atoms with Crippen LogP contribution < -0.4 is 0 Å². The second kappa shape index (κ2) is 6.60. The zero-order valence-corrected chi connectivity index (χ0v) is 14.8. The van der Waals surface area contributed by atoms with Crippen LogP contribution in [0.25, 0.3) is 0 Å². The molecule has 4 rings (SSSR count). The van der Waals surface area contributed by atoms with Gasteiger partial charge in [-0.15, -0.1) is 0 Å². The van der Waals surface area contributed by atoms with Gasteiger partial charge in [0.2, 0.25) is 5.91 Å². The maximum absolute atomic E-state index is 12.9. The fourth-order valence-electron chi connectivity index (χ4n) is 4.31. The summed E-state index contributed by atoms with van der Waals surface area (Å²) in [6, 6.07) is 14.5. The van der Waals surface area contributed by atoms with Crippen molar-refractivity contribution in [2.24, 2.45) is 0 Å². The van der Waals surface area contributed by atoms with E-state index in [1.807, 2.05) is 18.2 Å². The topological polar surface area (TPSA) is 36.4 Å². The Morgan fingerprint density at radius 3 is 2.64 bits per heavy atom. The Labute approximate surface area is 149 Å². The van der Waals surface area contributed by atoms with Crippen LogP contribution in [0, 0.1) is 0 Å². The second-order valence-corrected chi connectivity index (χ2v) is 7.49. The van der Waals surface area contributed by atoms with Gasteiger partial charge in [-0.3, -0.25) is 9.78 Å². The molecular weight excluding hydrogens is 310 g/mol.